The molecule has 0 spiro atoms. The number of benzene rings is 1. The van der Waals surface area contributed by atoms with Crippen molar-refractivity contribution in [2.75, 3.05) is 7.05 Å². The summed E-state index contributed by atoms with van der Waals surface area (Å²) in [5.41, 5.74) is 1.92. The minimum Gasteiger partial charge on any atom is -0.337 e. The van der Waals surface area contributed by atoms with Gasteiger partial charge in [-0.05, 0) is 42.3 Å². The van der Waals surface area contributed by atoms with Crippen molar-refractivity contribution in [2.24, 2.45) is 0 Å². The van der Waals surface area contributed by atoms with E-state index in [-0.39, 0.29) is 11.7 Å². The standard InChI is InChI=1S/C15H15FN2O/c1-11-8-13(5-6-14(11)16)15(19)18(2)10-12-4-3-7-17-9-12/h3-9H,10H2,1-2H3. The van der Waals surface area contributed by atoms with Gasteiger partial charge in [0.25, 0.3) is 5.91 Å². The number of hydrogen-bond donors (Lipinski definition) is 0. The Kier molecular flexibility index (Phi) is 3.90. The van der Waals surface area contributed by atoms with Crippen LogP contribution in [0.5, 0.6) is 0 Å². The summed E-state index contributed by atoms with van der Waals surface area (Å²) < 4.78 is 13.2. The Labute approximate surface area is 111 Å². The van der Waals surface area contributed by atoms with Crippen molar-refractivity contribution in [1.29, 1.82) is 0 Å². The van der Waals surface area contributed by atoms with E-state index in [1.54, 1.807) is 37.3 Å². The van der Waals surface area contributed by atoms with Crippen LogP contribution < -0.4 is 0 Å². The summed E-state index contributed by atoms with van der Waals surface area (Å²) in [7, 11) is 1.72. The maximum absolute atomic E-state index is 13.2. The Morgan fingerprint density at radius 1 is 1.37 bits per heavy atom. The molecule has 0 bridgehead atoms. The fourth-order valence-corrected chi connectivity index (χ4v) is 1.84. The van der Waals surface area contributed by atoms with E-state index in [0.717, 1.165) is 5.56 Å². The van der Waals surface area contributed by atoms with Gasteiger partial charge in [-0.3, -0.25) is 9.78 Å². The van der Waals surface area contributed by atoms with Gasteiger partial charge in [0.05, 0.1) is 0 Å². The molecule has 0 fully saturated rings. The highest BCUT2D eigenvalue weighted by molar-refractivity contribution is 5.94. The van der Waals surface area contributed by atoms with Crippen LogP contribution in [0.25, 0.3) is 0 Å². The minimum atomic E-state index is -0.300. The summed E-state index contributed by atoms with van der Waals surface area (Å²) >= 11 is 0. The number of aryl methyl sites for hydroxylation is 1. The van der Waals surface area contributed by atoms with Crippen LogP contribution in [0, 0.1) is 12.7 Å². The van der Waals surface area contributed by atoms with E-state index in [4.69, 9.17) is 0 Å². The number of pyridine rings is 1. The average molecular weight is 258 g/mol. The smallest absolute Gasteiger partial charge is 0.253 e. The number of aromatic nitrogens is 1. The van der Waals surface area contributed by atoms with Crippen LogP contribution in [0.1, 0.15) is 21.5 Å². The molecule has 0 aliphatic carbocycles. The quantitative estimate of drug-likeness (QED) is 0.848. The van der Waals surface area contributed by atoms with Gasteiger partial charge in [0.1, 0.15) is 5.82 Å². The van der Waals surface area contributed by atoms with Crippen molar-refractivity contribution in [3.8, 4) is 0 Å². The highest BCUT2D eigenvalue weighted by Gasteiger charge is 2.13. The van der Waals surface area contributed by atoms with E-state index < -0.39 is 0 Å². The Hall–Kier alpha value is -2.23. The predicted octanol–water partition coefficient (Wildman–Crippen LogP) is 2.80. The van der Waals surface area contributed by atoms with Crippen LogP contribution in [0.3, 0.4) is 0 Å². The van der Waals surface area contributed by atoms with Crippen LogP contribution in [-0.2, 0) is 6.54 Å². The van der Waals surface area contributed by atoms with Crippen molar-refractivity contribution >= 4 is 5.91 Å². The first kappa shape index (κ1) is 13.2. The summed E-state index contributed by atoms with van der Waals surface area (Å²) in [6.45, 7) is 2.12. The van der Waals surface area contributed by atoms with E-state index in [9.17, 15) is 9.18 Å². The summed E-state index contributed by atoms with van der Waals surface area (Å²) in [4.78, 5) is 17.8. The number of amides is 1. The lowest BCUT2D eigenvalue weighted by molar-refractivity contribution is 0.0785. The normalized spacial score (nSPS) is 10.3. The third-order valence-corrected chi connectivity index (χ3v) is 2.89. The van der Waals surface area contributed by atoms with Gasteiger partial charge in [0, 0.05) is 31.5 Å². The molecule has 19 heavy (non-hydrogen) atoms. The molecule has 0 N–H and O–H groups in total. The SMILES string of the molecule is Cc1cc(C(=O)N(C)Cc2cccnc2)ccc1F. The molecule has 2 aromatic rings. The molecule has 4 heteroatoms. The lowest BCUT2D eigenvalue weighted by Crippen LogP contribution is -2.26. The van der Waals surface area contributed by atoms with Crippen LogP contribution in [0.15, 0.2) is 42.7 Å². The van der Waals surface area contributed by atoms with E-state index in [0.29, 0.717) is 17.7 Å². The molecule has 1 amide bonds. The van der Waals surface area contributed by atoms with Crippen molar-refractivity contribution in [2.45, 2.75) is 13.5 Å². The Bertz CT molecular complexity index is 584. The second-order valence-electron chi connectivity index (χ2n) is 4.49. The molecule has 1 aromatic carbocycles. The van der Waals surface area contributed by atoms with Crippen LogP contribution in [0.2, 0.25) is 0 Å². The van der Waals surface area contributed by atoms with Gasteiger partial charge in [-0.15, -0.1) is 0 Å². The maximum atomic E-state index is 13.2. The highest BCUT2D eigenvalue weighted by atomic mass is 19.1. The van der Waals surface area contributed by atoms with Gasteiger partial charge in [0.15, 0.2) is 0 Å². The van der Waals surface area contributed by atoms with Crippen molar-refractivity contribution < 1.29 is 9.18 Å². The molecule has 0 atom stereocenters. The zero-order valence-corrected chi connectivity index (χ0v) is 10.9. The fourth-order valence-electron chi connectivity index (χ4n) is 1.84. The molecule has 1 heterocycles. The molecule has 1 aromatic heterocycles. The molecular formula is C15H15FN2O. The van der Waals surface area contributed by atoms with Crippen molar-refractivity contribution in [3.05, 3.63) is 65.2 Å². The summed E-state index contributed by atoms with van der Waals surface area (Å²) in [6.07, 6.45) is 3.41. The molecule has 0 saturated carbocycles. The molecule has 0 radical (unpaired) electrons. The Morgan fingerprint density at radius 3 is 2.79 bits per heavy atom. The zero-order chi connectivity index (χ0) is 13.8. The van der Waals surface area contributed by atoms with Crippen LogP contribution in [-0.4, -0.2) is 22.8 Å². The molecule has 0 aliphatic heterocycles. The Morgan fingerprint density at radius 2 is 2.16 bits per heavy atom. The summed E-state index contributed by atoms with van der Waals surface area (Å²) in [5, 5.41) is 0. The van der Waals surface area contributed by atoms with E-state index in [2.05, 4.69) is 4.98 Å². The van der Waals surface area contributed by atoms with Gasteiger partial charge in [-0.1, -0.05) is 6.07 Å². The highest BCUT2D eigenvalue weighted by Crippen LogP contribution is 2.12. The third-order valence-electron chi connectivity index (χ3n) is 2.89. The number of hydrogen-bond acceptors (Lipinski definition) is 2. The van der Waals surface area contributed by atoms with Gasteiger partial charge < -0.3 is 4.90 Å². The molecule has 3 nitrogen and oxygen atoms in total. The van der Waals surface area contributed by atoms with Gasteiger partial charge >= 0.3 is 0 Å². The number of carbonyl (C=O) groups excluding carboxylic acids is 1. The number of rotatable bonds is 3. The fraction of sp³-hybridized carbons (Fsp3) is 0.200. The van der Waals surface area contributed by atoms with Crippen LogP contribution in [0.4, 0.5) is 4.39 Å². The largest absolute Gasteiger partial charge is 0.337 e. The summed E-state index contributed by atoms with van der Waals surface area (Å²) in [5.74, 6) is -0.432. The Balaban J connectivity index is 2.12. The number of halogens is 1. The van der Waals surface area contributed by atoms with E-state index in [1.807, 2.05) is 12.1 Å². The lowest BCUT2D eigenvalue weighted by Gasteiger charge is -2.17. The second-order valence-corrected chi connectivity index (χ2v) is 4.49. The number of carbonyl (C=O) groups is 1. The molecule has 0 aliphatic rings. The predicted molar refractivity (Wildman–Crippen MR) is 71.2 cm³/mol. The van der Waals surface area contributed by atoms with Crippen molar-refractivity contribution in [3.63, 3.8) is 0 Å². The molecule has 0 unspecified atom stereocenters. The number of nitrogens with zero attached hydrogens (tertiary/aromatic N) is 2. The van der Waals surface area contributed by atoms with E-state index in [1.165, 1.54) is 12.1 Å². The van der Waals surface area contributed by atoms with Gasteiger partial charge in [0.2, 0.25) is 0 Å². The van der Waals surface area contributed by atoms with Crippen LogP contribution >= 0.6 is 0 Å². The first-order valence-corrected chi connectivity index (χ1v) is 5.98. The van der Waals surface area contributed by atoms with E-state index >= 15 is 0 Å². The molecule has 98 valence electrons. The third kappa shape index (κ3) is 3.16. The summed E-state index contributed by atoms with van der Waals surface area (Å²) in [6, 6.07) is 8.13. The monoisotopic (exact) mass is 258 g/mol. The first-order chi connectivity index (χ1) is 9.08. The van der Waals surface area contributed by atoms with Crippen molar-refractivity contribution in [1.82, 2.24) is 9.88 Å². The topological polar surface area (TPSA) is 33.2 Å². The maximum Gasteiger partial charge on any atom is 0.253 e. The molecule has 2 rings (SSSR count). The lowest BCUT2D eigenvalue weighted by atomic mass is 10.1. The van der Waals surface area contributed by atoms with Gasteiger partial charge in [-0.25, -0.2) is 4.39 Å². The minimum absolute atomic E-state index is 0.132. The molecule has 0 saturated heterocycles. The average Bonchev–Trinajstić information content (AvgIpc) is 2.42. The zero-order valence-electron chi connectivity index (χ0n) is 10.9. The first-order valence-electron chi connectivity index (χ1n) is 5.98. The van der Waals surface area contributed by atoms with Gasteiger partial charge in [-0.2, -0.15) is 0 Å². The second kappa shape index (κ2) is 5.61. The molecular weight excluding hydrogens is 243 g/mol.